The van der Waals surface area contributed by atoms with Crippen molar-refractivity contribution in [3.63, 3.8) is 0 Å². The maximum absolute atomic E-state index is 13.7. The Hall–Kier alpha value is -2.74. The molecule has 28 heavy (non-hydrogen) atoms. The van der Waals surface area contributed by atoms with E-state index in [4.69, 9.17) is 15.2 Å². The second-order valence-electron chi connectivity index (χ2n) is 6.19. The number of fused-ring (bicyclic) bond motifs is 1. The average molecular weight is 402 g/mol. The number of hydrogen-bond acceptors (Lipinski definition) is 7. The van der Waals surface area contributed by atoms with Crippen molar-refractivity contribution in [3.05, 3.63) is 54.1 Å². The number of pyridine rings is 1. The van der Waals surface area contributed by atoms with E-state index in [1.54, 1.807) is 18.3 Å². The molecule has 1 aromatic heterocycles. The van der Waals surface area contributed by atoms with Gasteiger partial charge in [-0.2, -0.15) is 0 Å². The topological polar surface area (TPSA) is 73.0 Å². The molecule has 0 spiro atoms. The number of nitrogens with two attached hydrogens (primary N) is 1. The van der Waals surface area contributed by atoms with Crippen LogP contribution in [0.1, 0.15) is 19.4 Å². The van der Waals surface area contributed by atoms with Gasteiger partial charge in [-0.1, -0.05) is 0 Å². The first kappa shape index (κ1) is 20.0. The number of aliphatic imine (C=N–C) groups is 1. The lowest BCUT2D eigenvalue weighted by atomic mass is 10.1. The summed E-state index contributed by atoms with van der Waals surface area (Å²) in [6, 6.07) is 6.41. The van der Waals surface area contributed by atoms with Crippen molar-refractivity contribution < 1.29 is 13.9 Å². The largest absolute Gasteiger partial charge is 0.493 e. The van der Waals surface area contributed by atoms with Gasteiger partial charge < -0.3 is 19.5 Å². The van der Waals surface area contributed by atoms with E-state index in [1.807, 2.05) is 31.3 Å². The van der Waals surface area contributed by atoms with Gasteiger partial charge in [-0.25, -0.2) is 9.37 Å². The van der Waals surface area contributed by atoms with E-state index in [-0.39, 0.29) is 11.9 Å². The molecule has 0 radical (unpaired) electrons. The summed E-state index contributed by atoms with van der Waals surface area (Å²) in [5.74, 6) is 0.836. The van der Waals surface area contributed by atoms with E-state index in [2.05, 4.69) is 9.98 Å². The normalized spacial score (nSPS) is 16.1. The number of allylic oxidation sites excluding steroid dienone is 1. The summed E-state index contributed by atoms with van der Waals surface area (Å²) >= 11 is 1.35. The first-order chi connectivity index (χ1) is 13.5. The first-order valence-electron chi connectivity index (χ1n) is 8.95. The fourth-order valence-corrected chi connectivity index (χ4v) is 3.59. The van der Waals surface area contributed by atoms with Gasteiger partial charge in [0.25, 0.3) is 0 Å². The molecule has 8 heteroatoms. The molecule has 1 aliphatic heterocycles. The lowest BCUT2D eigenvalue weighted by Crippen LogP contribution is -2.11. The first-order valence-corrected chi connectivity index (χ1v) is 9.72. The summed E-state index contributed by atoms with van der Waals surface area (Å²) in [5.41, 5.74) is 7.88. The summed E-state index contributed by atoms with van der Waals surface area (Å²) in [5, 5.41) is 0. The molecule has 0 amide bonds. The highest BCUT2D eigenvalue weighted by atomic mass is 32.2. The van der Waals surface area contributed by atoms with Gasteiger partial charge in [0.15, 0.2) is 0 Å². The van der Waals surface area contributed by atoms with E-state index in [0.717, 1.165) is 17.0 Å². The zero-order valence-electron chi connectivity index (χ0n) is 16.1. The van der Waals surface area contributed by atoms with E-state index in [9.17, 15) is 4.39 Å². The molecule has 0 aliphatic carbocycles. The van der Waals surface area contributed by atoms with Crippen LogP contribution in [-0.2, 0) is 0 Å². The summed E-state index contributed by atoms with van der Waals surface area (Å²) in [7, 11) is 1.88. The van der Waals surface area contributed by atoms with E-state index in [1.165, 1.54) is 30.3 Å². The zero-order valence-corrected chi connectivity index (χ0v) is 16.9. The van der Waals surface area contributed by atoms with E-state index in [0.29, 0.717) is 29.7 Å². The van der Waals surface area contributed by atoms with E-state index >= 15 is 0 Å². The predicted octanol–water partition coefficient (Wildman–Crippen LogP) is 3.81. The Kier molecular flexibility index (Phi) is 6.41. The van der Waals surface area contributed by atoms with Crippen LogP contribution in [0.2, 0.25) is 0 Å². The predicted molar refractivity (Wildman–Crippen MR) is 111 cm³/mol. The molecule has 1 unspecified atom stereocenters. The number of nitrogens with zero attached hydrogens (tertiary/aromatic N) is 3. The highest BCUT2D eigenvalue weighted by molar-refractivity contribution is 8.00. The second kappa shape index (κ2) is 8.97. The molecule has 2 heterocycles. The van der Waals surface area contributed by atoms with Crippen molar-refractivity contribution in [2.45, 2.75) is 24.8 Å². The number of halogens is 1. The summed E-state index contributed by atoms with van der Waals surface area (Å²) in [6.45, 7) is 4.82. The molecule has 0 saturated carbocycles. The Morgan fingerprint density at radius 3 is 3.00 bits per heavy atom. The quantitative estimate of drug-likeness (QED) is 0.741. The molecule has 2 aromatic rings. The fraction of sp³-hybridized carbons (Fsp3) is 0.300. The minimum absolute atomic E-state index is 0.00278. The molecule has 1 aliphatic rings. The zero-order chi connectivity index (χ0) is 20.1. The van der Waals surface area contributed by atoms with Gasteiger partial charge in [-0.3, -0.25) is 4.99 Å². The smallest absolute Gasteiger partial charge is 0.223 e. The molecule has 0 fully saturated rings. The SMILES string of the molecule is CCOc1ccc(F)cc1SN(C)c1cnc2c(c1)C(C=CN)=NC(C)CO2. The Balaban J connectivity index is 1.92. The van der Waals surface area contributed by atoms with Crippen molar-refractivity contribution in [2.24, 2.45) is 10.7 Å². The number of rotatable bonds is 6. The van der Waals surface area contributed by atoms with Crippen LogP contribution >= 0.6 is 11.9 Å². The third-order valence-electron chi connectivity index (χ3n) is 3.99. The van der Waals surface area contributed by atoms with Gasteiger partial charge in [-0.05, 0) is 62.3 Å². The molecule has 1 atom stereocenters. The molecule has 148 valence electrons. The van der Waals surface area contributed by atoms with Gasteiger partial charge in [0.1, 0.15) is 18.2 Å². The van der Waals surface area contributed by atoms with E-state index < -0.39 is 0 Å². The molecule has 2 N–H and O–H groups in total. The third-order valence-corrected chi connectivity index (χ3v) is 4.99. The number of benzene rings is 1. The van der Waals surface area contributed by atoms with Crippen LogP contribution < -0.4 is 19.5 Å². The van der Waals surface area contributed by atoms with Crippen LogP contribution in [0.5, 0.6) is 11.6 Å². The van der Waals surface area contributed by atoms with Gasteiger partial charge >= 0.3 is 0 Å². The molecule has 6 nitrogen and oxygen atoms in total. The minimum atomic E-state index is -0.315. The summed E-state index contributed by atoms with van der Waals surface area (Å²) < 4.78 is 27.0. The Bertz CT molecular complexity index is 904. The minimum Gasteiger partial charge on any atom is -0.493 e. The van der Waals surface area contributed by atoms with Crippen LogP contribution in [0.4, 0.5) is 10.1 Å². The monoisotopic (exact) mass is 402 g/mol. The van der Waals surface area contributed by atoms with Crippen LogP contribution in [-0.4, -0.2) is 37.0 Å². The van der Waals surface area contributed by atoms with Crippen molar-refractivity contribution in [2.75, 3.05) is 24.6 Å². The number of hydrogen-bond donors (Lipinski definition) is 1. The van der Waals surface area contributed by atoms with Crippen LogP contribution in [0.3, 0.4) is 0 Å². The number of ether oxygens (including phenoxy) is 2. The Labute approximate surface area is 168 Å². The van der Waals surface area contributed by atoms with Crippen molar-refractivity contribution >= 4 is 23.3 Å². The molecule has 0 saturated heterocycles. The molecular weight excluding hydrogens is 379 g/mol. The average Bonchev–Trinajstić information content (AvgIpc) is 2.83. The lowest BCUT2D eigenvalue weighted by molar-refractivity contribution is 0.289. The van der Waals surface area contributed by atoms with Gasteiger partial charge in [0.05, 0.1) is 40.7 Å². The van der Waals surface area contributed by atoms with Crippen molar-refractivity contribution in [1.29, 1.82) is 0 Å². The maximum Gasteiger partial charge on any atom is 0.223 e. The van der Waals surface area contributed by atoms with Gasteiger partial charge in [-0.15, -0.1) is 0 Å². The third kappa shape index (κ3) is 4.56. The fourth-order valence-electron chi connectivity index (χ4n) is 2.71. The second-order valence-corrected chi connectivity index (χ2v) is 7.36. The van der Waals surface area contributed by atoms with Crippen molar-refractivity contribution in [1.82, 2.24) is 4.98 Å². The Morgan fingerprint density at radius 1 is 1.43 bits per heavy atom. The molecule has 0 bridgehead atoms. The molecule has 1 aromatic carbocycles. The highest BCUT2D eigenvalue weighted by Gasteiger charge is 2.19. The standard InChI is InChI=1S/C20H23FN4O2S/c1-4-26-18-6-5-14(21)9-19(18)28-25(3)15-10-16-17(7-8-22)24-13(2)12-27-20(16)23-11-15/h5-11,13H,4,12,22H2,1-3H3. The van der Waals surface area contributed by atoms with Crippen LogP contribution in [0, 0.1) is 5.82 Å². The number of anilines is 1. The lowest BCUT2D eigenvalue weighted by Gasteiger charge is -2.20. The summed E-state index contributed by atoms with van der Waals surface area (Å²) in [6.07, 6.45) is 4.90. The Morgan fingerprint density at radius 2 is 2.25 bits per heavy atom. The van der Waals surface area contributed by atoms with Crippen LogP contribution in [0.15, 0.2) is 52.6 Å². The van der Waals surface area contributed by atoms with Gasteiger partial charge in [0.2, 0.25) is 5.88 Å². The molecular formula is C20H23FN4O2S. The molecule has 3 rings (SSSR count). The maximum atomic E-state index is 13.7. The van der Waals surface area contributed by atoms with Gasteiger partial charge in [0, 0.05) is 7.05 Å². The number of aromatic nitrogens is 1. The summed E-state index contributed by atoms with van der Waals surface area (Å²) in [4.78, 5) is 9.76. The highest BCUT2D eigenvalue weighted by Crippen LogP contribution is 2.36. The van der Waals surface area contributed by atoms with Crippen molar-refractivity contribution in [3.8, 4) is 11.6 Å². The van der Waals surface area contributed by atoms with Crippen LogP contribution in [0.25, 0.3) is 0 Å².